The Hall–Kier alpha value is -2.08. The van der Waals surface area contributed by atoms with Crippen LogP contribution in [-0.2, 0) is 4.74 Å². The van der Waals surface area contributed by atoms with Crippen LogP contribution in [0.1, 0.15) is 0 Å². The molecule has 1 fully saturated rings. The molecule has 1 saturated heterocycles. The fourth-order valence-corrected chi connectivity index (χ4v) is 3.25. The summed E-state index contributed by atoms with van der Waals surface area (Å²) in [4.78, 5) is 19.4. The Morgan fingerprint density at radius 3 is 2.81 bits per heavy atom. The number of morpholine rings is 1. The van der Waals surface area contributed by atoms with Gasteiger partial charge < -0.3 is 20.1 Å². The third-order valence-electron chi connectivity index (χ3n) is 3.67. The van der Waals surface area contributed by atoms with Gasteiger partial charge in [0.2, 0.25) is 11.8 Å². The number of aromatic nitrogens is 4. The number of ether oxygens (including phenoxy) is 2. The fraction of sp³-hybridized carbons (Fsp3) is 0.438. The quantitative estimate of drug-likeness (QED) is 0.391. The topological polar surface area (TPSA) is 97.3 Å². The van der Waals surface area contributed by atoms with Crippen molar-refractivity contribution in [1.82, 2.24) is 30.2 Å². The number of rotatable bonds is 7. The van der Waals surface area contributed by atoms with Crippen LogP contribution < -0.4 is 15.4 Å². The van der Waals surface area contributed by atoms with Crippen LogP contribution in [0.2, 0.25) is 0 Å². The maximum atomic E-state index is 5.34. The maximum absolute atomic E-state index is 5.34. The molecule has 0 saturated carbocycles. The van der Waals surface area contributed by atoms with Crippen LogP contribution in [0.4, 0.5) is 5.95 Å². The Bertz CT molecular complexity index is 745. The third kappa shape index (κ3) is 6.54. The van der Waals surface area contributed by atoms with E-state index in [1.165, 1.54) is 11.8 Å². The van der Waals surface area contributed by atoms with E-state index in [1.807, 2.05) is 0 Å². The van der Waals surface area contributed by atoms with Crippen molar-refractivity contribution in [2.45, 2.75) is 10.2 Å². The Labute approximate surface area is 167 Å². The SMILES string of the molecule is COc1cc(Sc2ncccn2)nc(NC(=S)NCCN2CCOCC2)n1. The number of anilines is 1. The first-order valence-corrected chi connectivity index (χ1v) is 9.68. The van der Waals surface area contributed by atoms with Gasteiger partial charge in [0.05, 0.1) is 20.3 Å². The van der Waals surface area contributed by atoms with Crippen molar-refractivity contribution in [3.8, 4) is 5.88 Å². The molecular formula is C16H21N7O2S2. The van der Waals surface area contributed by atoms with Gasteiger partial charge >= 0.3 is 0 Å². The van der Waals surface area contributed by atoms with Crippen molar-refractivity contribution >= 4 is 35.0 Å². The Kier molecular flexibility index (Phi) is 7.51. The van der Waals surface area contributed by atoms with Gasteiger partial charge in [-0.3, -0.25) is 4.90 Å². The lowest BCUT2D eigenvalue weighted by molar-refractivity contribution is 0.0389. The second-order valence-electron chi connectivity index (χ2n) is 5.54. The maximum Gasteiger partial charge on any atom is 0.233 e. The first-order valence-electron chi connectivity index (χ1n) is 8.46. The molecule has 0 radical (unpaired) electrons. The number of hydrogen-bond acceptors (Lipinski definition) is 9. The van der Waals surface area contributed by atoms with Crippen LogP contribution in [0, 0.1) is 0 Å². The number of nitrogens with one attached hydrogen (secondary N) is 2. The number of nitrogens with zero attached hydrogens (tertiary/aromatic N) is 5. The van der Waals surface area contributed by atoms with E-state index in [2.05, 4.69) is 35.5 Å². The van der Waals surface area contributed by atoms with Gasteiger partial charge in [0.1, 0.15) is 5.03 Å². The van der Waals surface area contributed by atoms with Gasteiger partial charge in [-0.15, -0.1) is 0 Å². The minimum atomic E-state index is 0.358. The third-order valence-corrected chi connectivity index (χ3v) is 4.73. The average Bonchev–Trinajstić information content (AvgIpc) is 2.69. The minimum absolute atomic E-state index is 0.358. The molecule has 2 aromatic heterocycles. The molecule has 3 rings (SSSR count). The first-order chi connectivity index (χ1) is 13.2. The lowest BCUT2D eigenvalue weighted by atomic mass is 10.4. The molecule has 9 nitrogen and oxygen atoms in total. The molecule has 0 bridgehead atoms. The Balaban J connectivity index is 1.54. The highest BCUT2D eigenvalue weighted by atomic mass is 32.2. The summed E-state index contributed by atoms with van der Waals surface area (Å²) < 4.78 is 10.6. The van der Waals surface area contributed by atoms with Crippen LogP contribution in [0.5, 0.6) is 5.88 Å². The van der Waals surface area contributed by atoms with E-state index in [0.29, 0.717) is 27.1 Å². The Morgan fingerprint density at radius 1 is 1.30 bits per heavy atom. The molecule has 11 heteroatoms. The highest BCUT2D eigenvalue weighted by molar-refractivity contribution is 7.99. The minimum Gasteiger partial charge on any atom is -0.481 e. The monoisotopic (exact) mass is 407 g/mol. The summed E-state index contributed by atoms with van der Waals surface area (Å²) in [6.45, 7) is 5.09. The number of methoxy groups -OCH3 is 1. The summed E-state index contributed by atoms with van der Waals surface area (Å²) in [7, 11) is 1.55. The zero-order valence-corrected chi connectivity index (χ0v) is 16.6. The van der Waals surface area contributed by atoms with Crippen LogP contribution in [-0.4, -0.2) is 76.5 Å². The van der Waals surface area contributed by atoms with E-state index in [0.717, 1.165) is 39.4 Å². The van der Waals surface area contributed by atoms with Gasteiger partial charge in [-0.1, -0.05) is 0 Å². The second-order valence-corrected chi connectivity index (χ2v) is 6.94. The van der Waals surface area contributed by atoms with Gasteiger partial charge in [0.25, 0.3) is 0 Å². The summed E-state index contributed by atoms with van der Waals surface area (Å²) in [5.74, 6) is 0.790. The number of thiocarbonyl (C=S) groups is 1. The van der Waals surface area contributed by atoms with Crippen molar-refractivity contribution in [2.75, 3.05) is 51.8 Å². The van der Waals surface area contributed by atoms with E-state index >= 15 is 0 Å². The van der Waals surface area contributed by atoms with E-state index < -0.39 is 0 Å². The molecule has 2 aromatic rings. The lowest BCUT2D eigenvalue weighted by Crippen LogP contribution is -2.42. The average molecular weight is 408 g/mol. The van der Waals surface area contributed by atoms with E-state index in [9.17, 15) is 0 Å². The predicted molar refractivity (Wildman–Crippen MR) is 106 cm³/mol. The molecule has 2 N–H and O–H groups in total. The largest absolute Gasteiger partial charge is 0.481 e. The lowest BCUT2D eigenvalue weighted by Gasteiger charge is -2.26. The Morgan fingerprint density at radius 2 is 2.07 bits per heavy atom. The fourth-order valence-electron chi connectivity index (χ4n) is 2.35. The number of hydrogen-bond donors (Lipinski definition) is 2. The molecule has 0 amide bonds. The summed E-state index contributed by atoms with van der Waals surface area (Å²) in [6.07, 6.45) is 3.36. The van der Waals surface area contributed by atoms with Crippen LogP contribution in [0.15, 0.2) is 34.7 Å². The first kappa shape index (κ1) is 19.7. The van der Waals surface area contributed by atoms with Crippen molar-refractivity contribution < 1.29 is 9.47 Å². The molecule has 27 heavy (non-hydrogen) atoms. The second kappa shape index (κ2) is 10.3. The van der Waals surface area contributed by atoms with Gasteiger partial charge in [0, 0.05) is 44.6 Å². The van der Waals surface area contributed by atoms with Crippen LogP contribution in [0.3, 0.4) is 0 Å². The summed E-state index contributed by atoms with van der Waals surface area (Å²) >= 11 is 6.66. The molecule has 1 aliphatic heterocycles. The van der Waals surface area contributed by atoms with Gasteiger partial charge in [-0.05, 0) is 30.0 Å². The highest BCUT2D eigenvalue weighted by Gasteiger charge is 2.11. The molecule has 0 unspecified atom stereocenters. The van der Waals surface area contributed by atoms with Crippen molar-refractivity contribution in [3.05, 3.63) is 24.5 Å². The highest BCUT2D eigenvalue weighted by Crippen LogP contribution is 2.25. The zero-order chi connectivity index (χ0) is 18.9. The molecule has 0 atom stereocenters. The summed E-state index contributed by atoms with van der Waals surface area (Å²) in [6, 6.07) is 3.49. The molecule has 0 aliphatic carbocycles. The van der Waals surface area contributed by atoms with E-state index in [1.54, 1.807) is 31.6 Å². The molecule has 144 valence electrons. The van der Waals surface area contributed by atoms with Crippen LogP contribution >= 0.6 is 24.0 Å². The normalized spacial score (nSPS) is 14.6. The molecule has 3 heterocycles. The smallest absolute Gasteiger partial charge is 0.233 e. The molecule has 0 spiro atoms. The van der Waals surface area contributed by atoms with Gasteiger partial charge in [0.15, 0.2) is 10.3 Å². The standard InChI is InChI=1S/C16H21N7O2S2/c1-24-12-11-13(27-16-18-3-2-4-19-16)21-14(20-12)22-15(26)17-5-6-23-7-9-25-10-8-23/h2-4,11H,5-10H2,1H3,(H2,17,20,21,22,26). The molecule has 1 aliphatic rings. The van der Waals surface area contributed by atoms with E-state index in [-0.39, 0.29) is 0 Å². The van der Waals surface area contributed by atoms with Crippen LogP contribution in [0.25, 0.3) is 0 Å². The van der Waals surface area contributed by atoms with Gasteiger partial charge in [-0.2, -0.15) is 4.98 Å². The molecule has 0 aromatic carbocycles. The summed E-state index contributed by atoms with van der Waals surface area (Å²) in [5.41, 5.74) is 0. The van der Waals surface area contributed by atoms with Gasteiger partial charge in [-0.25, -0.2) is 15.0 Å². The van der Waals surface area contributed by atoms with Crippen molar-refractivity contribution in [1.29, 1.82) is 0 Å². The molecular weight excluding hydrogens is 386 g/mol. The van der Waals surface area contributed by atoms with E-state index in [4.69, 9.17) is 21.7 Å². The van der Waals surface area contributed by atoms with Crippen molar-refractivity contribution in [2.24, 2.45) is 0 Å². The zero-order valence-electron chi connectivity index (χ0n) is 14.9. The van der Waals surface area contributed by atoms with Crippen molar-refractivity contribution in [3.63, 3.8) is 0 Å². The summed E-state index contributed by atoms with van der Waals surface area (Å²) in [5, 5.41) is 7.89. The predicted octanol–water partition coefficient (Wildman–Crippen LogP) is 1.04.